The summed E-state index contributed by atoms with van der Waals surface area (Å²) in [5.74, 6) is 0. The van der Waals surface area contributed by atoms with E-state index >= 15 is 0 Å². The predicted octanol–water partition coefficient (Wildman–Crippen LogP) is 3.50. The molecule has 0 aromatic heterocycles. The Morgan fingerprint density at radius 3 is 2.44 bits per heavy atom. The Hall–Kier alpha value is -0.420. The lowest BCUT2D eigenvalue weighted by atomic mass is 10.0. The molecule has 0 heterocycles. The molecule has 0 aliphatic rings. The van der Waals surface area contributed by atoms with Gasteiger partial charge >= 0.3 is 0 Å². The zero-order valence-corrected chi connectivity index (χ0v) is 13.0. The van der Waals surface area contributed by atoms with Gasteiger partial charge in [0, 0.05) is 24.7 Å². The number of benzene rings is 1. The molecule has 0 saturated carbocycles. The first-order valence-corrected chi connectivity index (χ1v) is 6.98. The van der Waals surface area contributed by atoms with Gasteiger partial charge in [-0.2, -0.15) is 0 Å². The van der Waals surface area contributed by atoms with Crippen LogP contribution in [0.3, 0.4) is 0 Å². The normalized spacial score (nSPS) is 14.8. The predicted molar refractivity (Wildman–Crippen MR) is 77.6 cm³/mol. The van der Waals surface area contributed by atoms with Gasteiger partial charge in [-0.05, 0) is 31.0 Å². The highest BCUT2D eigenvalue weighted by atomic mass is 79.9. The molecule has 1 rings (SSSR count). The van der Waals surface area contributed by atoms with Crippen molar-refractivity contribution in [3.63, 3.8) is 0 Å². The smallest absolute Gasteiger partial charge is 0.171 e. The van der Waals surface area contributed by atoms with Gasteiger partial charge in [-0.25, -0.2) is 0 Å². The molecule has 0 spiro atoms. The molecule has 2 unspecified atom stereocenters. The van der Waals surface area contributed by atoms with E-state index in [0.29, 0.717) is 6.04 Å². The molecule has 18 heavy (non-hydrogen) atoms. The highest BCUT2D eigenvalue weighted by Gasteiger charge is 2.19. The van der Waals surface area contributed by atoms with Gasteiger partial charge in [0.1, 0.15) is 0 Å². The van der Waals surface area contributed by atoms with E-state index in [-0.39, 0.29) is 12.3 Å². The lowest BCUT2D eigenvalue weighted by Crippen LogP contribution is -2.41. The SMILES string of the molecule is CCC(NC(C)C(OC)OC)c1cccc(Br)c1. The van der Waals surface area contributed by atoms with Crippen molar-refractivity contribution in [3.8, 4) is 0 Å². The van der Waals surface area contributed by atoms with Gasteiger partial charge in [-0.15, -0.1) is 0 Å². The van der Waals surface area contributed by atoms with E-state index in [2.05, 4.69) is 53.3 Å². The minimum Gasteiger partial charge on any atom is -0.354 e. The average molecular weight is 316 g/mol. The molecule has 0 amide bonds. The third-order valence-electron chi connectivity index (χ3n) is 3.00. The van der Waals surface area contributed by atoms with Crippen LogP contribution in [-0.4, -0.2) is 26.6 Å². The van der Waals surface area contributed by atoms with E-state index in [1.807, 2.05) is 6.07 Å². The fourth-order valence-electron chi connectivity index (χ4n) is 2.07. The zero-order chi connectivity index (χ0) is 13.5. The van der Waals surface area contributed by atoms with Crippen LogP contribution in [0.1, 0.15) is 31.9 Å². The fourth-order valence-corrected chi connectivity index (χ4v) is 2.49. The Kier molecular flexibility index (Phi) is 6.86. The fraction of sp³-hybridized carbons (Fsp3) is 0.571. The van der Waals surface area contributed by atoms with Crippen molar-refractivity contribution < 1.29 is 9.47 Å². The Bertz CT molecular complexity index is 355. The first-order chi connectivity index (χ1) is 8.62. The summed E-state index contributed by atoms with van der Waals surface area (Å²) in [5.41, 5.74) is 1.27. The first kappa shape index (κ1) is 15.6. The van der Waals surface area contributed by atoms with Gasteiger partial charge in [0.15, 0.2) is 6.29 Å². The van der Waals surface area contributed by atoms with Crippen molar-refractivity contribution in [2.24, 2.45) is 0 Å². The van der Waals surface area contributed by atoms with Gasteiger partial charge < -0.3 is 14.8 Å². The highest BCUT2D eigenvalue weighted by molar-refractivity contribution is 9.10. The summed E-state index contributed by atoms with van der Waals surface area (Å²) in [6.07, 6.45) is 0.784. The van der Waals surface area contributed by atoms with Gasteiger partial charge in [-0.1, -0.05) is 35.0 Å². The monoisotopic (exact) mass is 315 g/mol. The molecule has 1 N–H and O–H groups in total. The molecule has 3 nitrogen and oxygen atoms in total. The maximum Gasteiger partial charge on any atom is 0.171 e. The van der Waals surface area contributed by atoms with Crippen LogP contribution < -0.4 is 5.32 Å². The van der Waals surface area contributed by atoms with Crippen LogP contribution in [0.15, 0.2) is 28.7 Å². The molecule has 2 atom stereocenters. The number of hydrogen-bond donors (Lipinski definition) is 1. The second-order valence-electron chi connectivity index (χ2n) is 4.31. The quantitative estimate of drug-likeness (QED) is 0.781. The van der Waals surface area contributed by atoms with E-state index in [1.54, 1.807) is 14.2 Å². The summed E-state index contributed by atoms with van der Waals surface area (Å²) in [6.45, 7) is 4.23. The van der Waals surface area contributed by atoms with Crippen LogP contribution >= 0.6 is 15.9 Å². The van der Waals surface area contributed by atoms with Crippen molar-refractivity contribution in [1.29, 1.82) is 0 Å². The van der Waals surface area contributed by atoms with Crippen molar-refractivity contribution in [2.75, 3.05) is 14.2 Å². The number of nitrogens with one attached hydrogen (secondary N) is 1. The Balaban J connectivity index is 2.72. The molecule has 0 radical (unpaired) electrons. The third-order valence-corrected chi connectivity index (χ3v) is 3.49. The Morgan fingerprint density at radius 2 is 1.94 bits per heavy atom. The van der Waals surface area contributed by atoms with Crippen molar-refractivity contribution in [2.45, 2.75) is 38.6 Å². The molecule has 102 valence electrons. The number of halogens is 1. The average Bonchev–Trinajstić information content (AvgIpc) is 2.37. The zero-order valence-electron chi connectivity index (χ0n) is 11.4. The van der Waals surface area contributed by atoms with Crippen LogP contribution in [0, 0.1) is 0 Å². The summed E-state index contributed by atoms with van der Waals surface area (Å²) < 4.78 is 11.6. The lowest BCUT2D eigenvalue weighted by Gasteiger charge is -2.27. The van der Waals surface area contributed by atoms with Gasteiger partial charge in [0.05, 0.1) is 6.04 Å². The number of methoxy groups -OCH3 is 2. The first-order valence-electron chi connectivity index (χ1n) is 6.19. The molecule has 1 aromatic carbocycles. The molecular formula is C14H22BrNO2. The van der Waals surface area contributed by atoms with E-state index in [9.17, 15) is 0 Å². The second-order valence-corrected chi connectivity index (χ2v) is 5.23. The molecular weight excluding hydrogens is 294 g/mol. The molecule has 0 saturated heterocycles. The van der Waals surface area contributed by atoms with E-state index in [1.165, 1.54) is 5.56 Å². The number of ether oxygens (including phenoxy) is 2. The summed E-state index contributed by atoms with van der Waals surface area (Å²) >= 11 is 3.50. The van der Waals surface area contributed by atoms with Gasteiger partial charge in [0.2, 0.25) is 0 Å². The largest absolute Gasteiger partial charge is 0.354 e. The summed E-state index contributed by atoms with van der Waals surface area (Å²) in [6, 6.07) is 8.79. The minimum absolute atomic E-state index is 0.129. The maximum atomic E-state index is 5.27. The standard InChI is InChI=1S/C14H22BrNO2/c1-5-13(11-7-6-8-12(15)9-11)16-10(2)14(17-3)18-4/h6-10,13-14,16H,5H2,1-4H3. The number of hydrogen-bond acceptors (Lipinski definition) is 3. The van der Waals surface area contributed by atoms with E-state index < -0.39 is 0 Å². The lowest BCUT2D eigenvalue weighted by molar-refractivity contribution is -0.121. The van der Waals surface area contributed by atoms with Crippen LogP contribution in [0.25, 0.3) is 0 Å². The summed E-state index contributed by atoms with van der Waals surface area (Å²) in [4.78, 5) is 0. The Labute approximate surface area is 118 Å². The topological polar surface area (TPSA) is 30.5 Å². The molecule has 1 aromatic rings. The van der Waals surface area contributed by atoms with Crippen molar-refractivity contribution >= 4 is 15.9 Å². The van der Waals surface area contributed by atoms with Crippen molar-refractivity contribution in [1.82, 2.24) is 5.32 Å². The molecule has 0 bridgehead atoms. The number of rotatable bonds is 7. The summed E-state index contributed by atoms with van der Waals surface area (Å²) in [5, 5.41) is 3.54. The molecule has 0 fully saturated rings. The van der Waals surface area contributed by atoms with E-state index in [0.717, 1.165) is 10.9 Å². The molecule has 0 aliphatic heterocycles. The minimum atomic E-state index is -0.230. The maximum absolute atomic E-state index is 5.27. The summed E-state index contributed by atoms with van der Waals surface area (Å²) in [7, 11) is 3.32. The van der Waals surface area contributed by atoms with E-state index in [4.69, 9.17) is 9.47 Å². The third kappa shape index (κ3) is 4.35. The van der Waals surface area contributed by atoms with Crippen LogP contribution in [0.2, 0.25) is 0 Å². The molecule has 4 heteroatoms. The molecule has 0 aliphatic carbocycles. The highest BCUT2D eigenvalue weighted by Crippen LogP contribution is 2.21. The Morgan fingerprint density at radius 1 is 1.28 bits per heavy atom. The van der Waals surface area contributed by atoms with Gasteiger partial charge in [0.25, 0.3) is 0 Å². The van der Waals surface area contributed by atoms with Crippen LogP contribution in [-0.2, 0) is 9.47 Å². The van der Waals surface area contributed by atoms with Crippen molar-refractivity contribution in [3.05, 3.63) is 34.3 Å². The van der Waals surface area contributed by atoms with Gasteiger partial charge in [-0.3, -0.25) is 0 Å². The van der Waals surface area contributed by atoms with Crippen LogP contribution in [0.4, 0.5) is 0 Å². The van der Waals surface area contributed by atoms with Crippen LogP contribution in [0.5, 0.6) is 0 Å². The second kappa shape index (κ2) is 7.89.